The maximum Gasteiger partial charge on any atom is 0.141 e. The molecule has 0 spiro atoms. The molecule has 2 unspecified atom stereocenters. The van der Waals surface area contributed by atoms with Gasteiger partial charge >= 0.3 is 0 Å². The van der Waals surface area contributed by atoms with E-state index in [0.29, 0.717) is 18.9 Å². The first-order valence-corrected chi connectivity index (χ1v) is 10.4. The van der Waals surface area contributed by atoms with Gasteiger partial charge in [0, 0.05) is 6.04 Å². The number of carbonyl (C=O) groups is 2. The summed E-state index contributed by atoms with van der Waals surface area (Å²) in [6.07, 6.45) is 13.2. The maximum atomic E-state index is 12.0. The molecule has 0 aliphatic carbocycles. The van der Waals surface area contributed by atoms with Crippen LogP contribution in [0.5, 0.6) is 0 Å². The highest BCUT2D eigenvalue weighted by atomic mass is 16.4. The Labute approximate surface area is 154 Å². The van der Waals surface area contributed by atoms with Crippen LogP contribution in [0.1, 0.15) is 111 Å². The van der Waals surface area contributed by atoms with E-state index >= 15 is 0 Å². The third-order valence-electron chi connectivity index (χ3n) is 5.36. The predicted octanol–water partition coefficient (Wildman–Crippen LogP) is 4.14. The standard InChI is InChI=1S/C21H41NO3/c1-4-6-7-12-16-21(18(3)23,20(24)25)17-13-10-8-9-11-15-19(22)14-5-2/h19H,4-17,22H2,1-3H3,(H,24,25)/p-1. The summed E-state index contributed by atoms with van der Waals surface area (Å²) >= 11 is 0. The van der Waals surface area contributed by atoms with Crippen LogP contribution in [0.25, 0.3) is 0 Å². The van der Waals surface area contributed by atoms with Gasteiger partial charge in [-0.05, 0) is 32.6 Å². The zero-order valence-corrected chi connectivity index (χ0v) is 16.8. The lowest BCUT2D eigenvalue weighted by atomic mass is 9.75. The fraction of sp³-hybridized carbons (Fsp3) is 0.905. The van der Waals surface area contributed by atoms with Gasteiger partial charge in [-0.3, -0.25) is 4.79 Å². The van der Waals surface area contributed by atoms with Crippen LogP contribution in [-0.2, 0) is 9.59 Å². The lowest BCUT2D eigenvalue weighted by Gasteiger charge is -2.32. The summed E-state index contributed by atoms with van der Waals surface area (Å²) in [7, 11) is 0. The maximum absolute atomic E-state index is 12.0. The van der Waals surface area contributed by atoms with Crippen molar-refractivity contribution in [1.82, 2.24) is 0 Å². The largest absolute Gasteiger partial charge is 0.549 e. The summed E-state index contributed by atoms with van der Waals surface area (Å²) in [5, 5.41) is 11.7. The lowest BCUT2D eigenvalue weighted by molar-refractivity contribution is -0.317. The van der Waals surface area contributed by atoms with Gasteiger partial charge in [-0.1, -0.05) is 78.1 Å². The van der Waals surface area contributed by atoms with Crippen LogP contribution in [0.15, 0.2) is 0 Å². The first kappa shape index (κ1) is 24.1. The lowest BCUT2D eigenvalue weighted by Crippen LogP contribution is -2.47. The SMILES string of the molecule is CCCCCCC(CCCCCCCC(N)CCC)(C(C)=O)C(=O)[O-]. The van der Waals surface area contributed by atoms with Gasteiger partial charge in [0.2, 0.25) is 0 Å². The highest BCUT2D eigenvalue weighted by molar-refractivity contribution is 6.00. The van der Waals surface area contributed by atoms with Crippen LogP contribution in [0.2, 0.25) is 0 Å². The number of carboxylic acid groups (broad SMARTS) is 1. The van der Waals surface area contributed by atoms with Gasteiger partial charge in [0.15, 0.2) is 0 Å². The van der Waals surface area contributed by atoms with Gasteiger partial charge in [-0.25, -0.2) is 0 Å². The minimum absolute atomic E-state index is 0.241. The first-order valence-electron chi connectivity index (χ1n) is 10.4. The molecule has 0 rings (SSSR count). The molecule has 0 bridgehead atoms. The fourth-order valence-electron chi connectivity index (χ4n) is 3.56. The smallest absolute Gasteiger partial charge is 0.141 e. The Balaban J connectivity index is 4.18. The van der Waals surface area contributed by atoms with Gasteiger partial charge in [-0.15, -0.1) is 0 Å². The monoisotopic (exact) mass is 354 g/mol. The van der Waals surface area contributed by atoms with Crippen molar-refractivity contribution in [3.05, 3.63) is 0 Å². The molecular weight excluding hydrogens is 314 g/mol. The average Bonchev–Trinajstić information content (AvgIpc) is 2.55. The van der Waals surface area contributed by atoms with E-state index in [1.54, 1.807) is 0 Å². The summed E-state index contributed by atoms with van der Waals surface area (Å²) in [4.78, 5) is 23.7. The van der Waals surface area contributed by atoms with Crippen molar-refractivity contribution in [2.75, 3.05) is 0 Å². The second-order valence-electron chi connectivity index (χ2n) is 7.59. The Hall–Kier alpha value is -0.900. The van der Waals surface area contributed by atoms with E-state index in [2.05, 4.69) is 13.8 Å². The Morgan fingerprint density at radius 1 is 0.840 bits per heavy atom. The number of Topliss-reactive ketones (excluding diaryl/α,β-unsaturated/α-hetero) is 1. The summed E-state index contributed by atoms with van der Waals surface area (Å²) < 4.78 is 0. The van der Waals surface area contributed by atoms with Crippen molar-refractivity contribution >= 4 is 11.8 Å². The number of carbonyl (C=O) groups excluding carboxylic acids is 2. The molecule has 0 fully saturated rings. The minimum Gasteiger partial charge on any atom is -0.549 e. The van der Waals surface area contributed by atoms with E-state index in [1.807, 2.05) is 0 Å². The highest BCUT2D eigenvalue weighted by Gasteiger charge is 2.35. The average molecular weight is 355 g/mol. The van der Waals surface area contributed by atoms with Crippen molar-refractivity contribution in [2.24, 2.45) is 11.1 Å². The van der Waals surface area contributed by atoms with E-state index in [9.17, 15) is 14.7 Å². The van der Waals surface area contributed by atoms with Crippen LogP contribution in [0.4, 0.5) is 0 Å². The summed E-state index contributed by atoms with van der Waals surface area (Å²) in [6, 6.07) is 0.316. The van der Waals surface area contributed by atoms with Gasteiger partial charge in [0.1, 0.15) is 5.78 Å². The number of ketones is 1. The second-order valence-corrected chi connectivity index (χ2v) is 7.59. The predicted molar refractivity (Wildman–Crippen MR) is 102 cm³/mol. The molecule has 25 heavy (non-hydrogen) atoms. The minimum atomic E-state index is -1.27. The van der Waals surface area contributed by atoms with E-state index < -0.39 is 11.4 Å². The van der Waals surface area contributed by atoms with Crippen LogP contribution in [-0.4, -0.2) is 17.8 Å². The molecule has 4 heteroatoms. The molecule has 2 N–H and O–H groups in total. The van der Waals surface area contributed by atoms with Crippen molar-refractivity contribution in [2.45, 2.75) is 117 Å². The number of aliphatic carboxylic acids is 1. The quantitative estimate of drug-likeness (QED) is 0.314. The van der Waals surface area contributed by atoms with E-state index in [4.69, 9.17) is 5.73 Å². The first-order chi connectivity index (χ1) is 11.9. The Kier molecular flexibility index (Phi) is 13.8. The van der Waals surface area contributed by atoms with Crippen molar-refractivity contribution in [3.8, 4) is 0 Å². The molecule has 0 saturated heterocycles. The normalized spacial score (nSPS) is 14.9. The molecule has 0 aromatic heterocycles. The summed E-state index contributed by atoms with van der Waals surface area (Å²) in [6.45, 7) is 5.68. The topological polar surface area (TPSA) is 83.2 Å². The zero-order valence-electron chi connectivity index (χ0n) is 16.8. The number of unbranched alkanes of at least 4 members (excludes halogenated alkanes) is 7. The number of hydrogen-bond acceptors (Lipinski definition) is 4. The Bertz CT molecular complexity index is 354. The van der Waals surface area contributed by atoms with Crippen LogP contribution in [0, 0.1) is 5.41 Å². The van der Waals surface area contributed by atoms with E-state index in [1.165, 1.54) is 6.92 Å². The highest BCUT2D eigenvalue weighted by Crippen LogP contribution is 2.32. The number of carboxylic acids is 1. The number of nitrogens with two attached hydrogens (primary N) is 1. The van der Waals surface area contributed by atoms with E-state index in [-0.39, 0.29) is 5.78 Å². The van der Waals surface area contributed by atoms with Gasteiger partial charge < -0.3 is 15.6 Å². The molecule has 0 saturated carbocycles. The molecule has 0 aliphatic rings. The summed E-state index contributed by atoms with van der Waals surface area (Å²) in [5.41, 5.74) is 4.74. The molecule has 4 nitrogen and oxygen atoms in total. The van der Waals surface area contributed by atoms with Crippen LogP contribution < -0.4 is 10.8 Å². The fourth-order valence-corrected chi connectivity index (χ4v) is 3.56. The second kappa shape index (κ2) is 14.3. The molecule has 0 amide bonds. The molecule has 0 heterocycles. The third kappa shape index (κ3) is 9.98. The van der Waals surface area contributed by atoms with Crippen molar-refractivity contribution < 1.29 is 14.7 Å². The number of rotatable bonds is 17. The van der Waals surface area contributed by atoms with Crippen LogP contribution >= 0.6 is 0 Å². The number of hydrogen-bond donors (Lipinski definition) is 1. The van der Waals surface area contributed by atoms with Gasteiger partial charge in [0.05, 0.1) is 11.4 Å². The van der Waals surface area contributed by atoms with Crippen LogP contribution in [0.3, 0.4) is 0 Å². The Morgan fingerprint density at radius 2 is 1.36 bits per heavy atom. The molecular formula is C21H40NO3-. The van der Waals surface area contributed by atoms with Gasteiger partial charge in [0.25, 0.3) is 0 Å². The molecule has 0 aromatic carbocycles. The zero-order chi connectivity index (χ0) is 19.1. The molecule has 2 atom stereocenters. The Morgan fingerprint density at radius 3 is 1.84 bits per heavy atom. The van der Waals surface area contributed by atoms with E-state index in [0.717, 1.165) is 77.0 Å². The van der Waals surface area contributed by atoms with Crippen molar-refractivity contribution in [1.29, 1.82) is 0 Å². The van der Waals surface area contributed by atoms with Gasteiger partial charge in [-0.2, -0.15) is 0 Å². The third-order valence-corrected chi connectivity index (χ3v) is 5.36. The molecule has 0 radical (unpaired) electrons. The molecule has 0 aliphatic heterocycles. The molecule has 0 aromatic rings. The summed E-state index contributed by atoms with van der Waals surface area (Å²) in [5.74, 6) is -1.42. The molecule has 148 valence electrons. The van der Waals surface area contributed by atoms with Crippen molar-refractivity contribution in [3.63, 3.8) is 0 Å².